The van der Waals surface area contributed by atoms with Crippen molar-refractivity contribution in [3.05, 3.63) is 114 Å². The highest BCUT2D eigenvalue weighted by atomic mass is 35.5. The van der Waals surface area contributed by atoms with E-state index in [1.165, 1.54) is 5.56 Å². The second-order valence-corrected chi connectivity index (χ2v) is 7.60. The van der Waals surface area contributed by atoms with E-state index in [2.05, 4.69) is 51.4 Å². The van der Waals surface area contributed by atoms with Crippen molar-refractivity contribution in [2.24, 2.45) is 0 Å². The van der Waals surface area contributed by atoms with Crippen molar-refractivity contribution in [1.82, 2.24) is 15.0 Å². The van der Waals surface area contributed by atoms with Gasteiger partial charge in [-0.25, -0.2) is 15.0 Å². The SMILES string of the molecule is Clc1ccc(-c2ccc(-c3ncnc(-c4ccc(-c5ccccc5)cc4)n3)cc2)cc1. The monoisotopic (exact) mass is 419 g/mol. The van der Waals surface area contributed by atoms with Gasteiger partial charge in [0.1, 0.15) is 6.33 Å². The van der Waals surface area contributed by atoms with E-state index in [1.807, 2.05) is 66.7 Å². The minimum Gasteiger partial charge on any atom is -0.217 e. The van der Waals surface area contributed by atoms with Crippen LogP contribution in [0.2, 0.25) is 5.02 Å². The predicted molar refractivity (Wildman–Crippen MR) is 127 cm³/mol. The molecule has 0 N–H and O–H groups in total. The van der Waals surface area contributed by atoms with E-state index in [-0.39, 0.29) is 0 Å². The normalized spacial score (nSPS) is 10.7. The summed E-state index contributed by atoms with van der Waals surface area (Å²) >= 11 is 5.99. The first-order chi connectivity index (χ1) is 15.3. The van der Waals surface area contributed by atoms with E-state index < -0.39 is 0 Å². The number of rotatable bonds is 4. The van der Waals surface area contributed by atoms with Gasteiger partial charge in [0.25, 0.3) is 0 Å². The van der Waals surface area contributed by atoms with Gasteiger partial charge < -0.3 is 0 Å². The molecule has 0 saturated carbocycles. The molecule has 0 saturated heterocycles. The van der Waals surface area contributed by atoms with Crippen LogP contribution in [-0.4, -0.2) is 15.0 Å². The molecule has 0 amide bonds. The highest BCUT2D eigenvalue weighted by Crippen LogP contribution is 2.26. The smallest absolute Gasteiger partial charge is 0.163 e. The van der Waals surface area contributed by atoms with Gasteiger partial charge in [0.2, 0.25) is 0 Å². The first-order valence-electron chi connectivity index (χ1n) is 9.97. The Morgan fingerprint density at radius 1 is 0.419 bits per heavy atom. The maximum atomic E-state index is 5.99. The van der Waals surface area contributed by atoms with E-state index in [9.17, 15) is 0 Å². The molecular weight excluding hydrogens is 402 g/mol. The number of halogens is 1. The topological polar surface area (TPSA) is 38.7 Å². The van der Waals surface area contributed by atoms with Gasteiger partial charge in [-0.1, -0.05) is 103 Å². The third kappa shape index (κ3) is 4.23. The zero-order valence-electron chi connectivity index (χ0n) is 16.6. The highest BCUT2D eigenvalue weighted by Gasteiger charge is 2.07. The van der Waals surface area contributed by atoms with Gasteiger partial charge in [-0.2, -0.15) is 0 Å². The second kappa shape index (κ2) is 8.50. The Hall–Kier alpha value is -3.82. The molecule has 0 aliphatic rings. The Kier molecular flexibility index (Phi) is 5.26. The molecular formula is C27H18ClN3. The van der Waals surface area contributed by atoms with Crippen LogP contribution in [0.4, 0.5) is 0 Å². The minimum atomic E-state index is 0.653. The summed E-state index contributed by atoms with van der Waals surface area (Å²) in [5.74, 6) is 1.31. The largest absolute Gasteiger partial charge is 0.217 e. The maximum absolute atomic E-state index is 5.99. The third-order valence-electron chi connectivity index (χ3n) is 5.14. The van der Waals surface area contributed by atoms with Crippen LogP contribution in [0.15, 0.2) is 109 Å². The maximum Gasteiger partial charge on any atom is 0.163 e. The lowest BCUT2D eigenvalue weighted by Gasteiger charge is -2.07. The van der Waals surface area contributed by atoms with Crippen LogP contribution in [0.3, 0.4) is 0 Å². The van der Waals surface area contributed by atoms with Gasteiger partial charge in [0.15, 0.2) is 11.6 Å². The minimum absolute atomic E-state index is 0.653. The summed E-state index contributed by atoms with van der Waals surface area (Å²) in [5, 5.41) is 0.731. The molecule has 0 aliphatic carbocycles. The lowest BCUT2D eigenvalue weighted by atomic mass is 10.0. The Bertz CT molecular complexity index is 1300. The van der Waals surface area contributed by atoms with Gasteiger partial charge >= 0.3 is 0 Å². The van der Waals surface area contributed by atoms with Crippen LogP contribution >= 0.6 is 11.6 Å². The Morgan fingerprint density at radius 2 is 0.806 bits per heavy atom. The lowest BCUT2D eigenvalue weighted by Crippen LogP contribution is -1.95. The van der Waals surface area contributed by atoms with Gasteiger partial charge in [0.05, 0.1) is 0 Å². The van der Waals surface area contributed by atoms with Crippen LogP contribution in [0.25, 0.3) is 45.0 Å². The molecule has 4 heteroatoms. The number of hydrogen-bond acceptors (Lipinski definition) is 3. The Morgan fingerprint density at radius 3 is 1.29 bits per heavy atom. The summed E-state index contributed by atoms with van der Waals surface area (Å²) in [6.07, 6.45) is 1.57. The van der Waals surface area contributed by atoms with Crippen molar-refractivity contribution >= 4 is 11.6 Å². The molecule has 0 radical (unpaired) electrons. The molecule has 0 bridgehead atoms. The summed E-state index contributed by atoms with van der Waals surface area (Å²) in [7, 11) is 0. The van der Waals surface area contributed by atoms with Gasteiger partial charge in [0, 0.05) is 16.1 Å². The van der Waals surface area contributed by atoms with Crippen LogP contribution in [0, 0.1) is 0 Å². The summed E-state index contributed by atoms with van der Waals surface area (Å²) in [5.41, 5.74) is 6.49. The lowest BCUT2D eigenvalue weighted by molar-refractivity contribution is 1.07. The molecule has 0 spiro atoms. The van der Waals surface area contributed by atoms with Crippen molar-refractivity contribution < 1.29 is 0 Å². The summed E-state index contributed by atoms with van der Waals surface area (Å²) in [6.45, 7) is 0. The number of benzene rings is 4. The Balaban J connectivity index is 1.40. The molecule has 4 aromatic carbocycles. The van der Waals surface area contributed by atoms with Crippen molar-refractivity contribution in [3.63, 3.8) is 0 Å². The summed E-state index contributed by atoms with van der Waals surface area (Å²) in [4.78, 5) is 13.4. The molecule has 3 nitrogen and oxygen atoms in total. The van der Waals surface area contributed by atoms with Crippen molar-refractivity contribution in [2.45, 2.75) is 0 Å². The van der Waals surface area contributed by atoms with Crippen LogP contribution < -0.4 is 0 Å². The van der Waals surface area contributed by atoms with E-state index in [4.69, 9.17) is 11.6 Å². The molecule has 1 heterocycles. The van der Waals surface area contributed by atoms with Gasteiger partial charge in [-0.05, 0) is 34.4 Å². The van der Waals surface area contributed by atoms with Crippen LogP contribution in [-0.2, 0) is 0 Å². The number of nitrogens with zero attached hydrogens (tertiary/aromatic N) is 3. The molecule has 1 aromatic heterocycles. The second-order valence-electron chi connectivity index (χ2n) is 7.16. The molecule has 5 rings (SSSR count). The fourth-order valence-corrected chi connectivity index (χ4v) is 3.60. The predicted octanol–water partition coefficient (Wildman–Crippen LogP) is 7.19. The summed E-state index contributed by atoms with van der Waals surface area (Å²) < 4.78 is 0. The van der Waals surface area contributed by atoms with Crippen LogP contribution in [0.5, 0.6) is 0 Å². The highest BCUT2D eigenvalue weighted by molar-refractivity contribution is 6.30. The van der Waals surface area contributed by atoms with Crippen molar-refractivity contribution in [1.29, 1.82) is 0 Å². The fraction of sp³-hybridized carbons (Fsp3) is 0. The molecule has 0 unspecified atom stereocenters. The van der Waals surface area contributed by atoms with Crippen LogP contribution in [0.1, 0.15) is 0 Å². The van der Waals surface area contributed by atoms with Gasteiger partial charge in [-0.3, -0.25) is 0 Å². The molecule has 31 heavy (non-hydrogen) atoms. The molecule has 148 valence electrons. The Labute approximate surface area is 186 Å². The summed E-state index contributed by atoms with van der Waals surface area (Å²) in [6, 6.07) is 34.6. The van der Waals surface area contributed by atoms with E-state index in [0.29, 0.717) is 11.6 Å². The zero-order valence-corrected chi connectivity index (χ0v) is 17.4. The van der Waals surface area contributed by atoms with Crippen molar-refractivity contribution in [2.75, 3.05) is 0 Å². The third-order valence-corrected chi connectivity index (χ3v) is 5.39. The van der Waals surface area contributed by atoms with E-state index >= 15 is 0 Å². The number of aromatic nitrogens is 3. The van der Waals surface area contributed by atoms with Gasteiger partial charge in [-0.15, -0.1) is 0 Å². The molecule has 0 fully saturated rings. The molecule has 5 aromatic rings. The first-order valence-corrected chi connectivity index (χ1v) is 10.4. The average Bonchev–Trinajstić information content (AvgIpc) is 2.85. The standard InChI is InChI=1S/C27H18ClN3/c28-25-16-14-22(15-17-25)21-8-12-24(13-9-21)27-30-18-29-26(31-27)23-10-6-20(7-11-23)19-4-2-1-3-5-19/h1-18H. The average molecular weight is 420 g/mol. The number of hydrogen-bond donors (Lipinski definition) is 0. The molecule has 0 atom stereocenters. The van der Waals surface area contributed by atoms with Crippen molar-refractivity contribution in [3.8, 4) is 45.0 Å². The quantitative estimate of drug-likeness (QED) is 0.309. The fourth-order valence-electron chi connectivity index (χ4n) is 3.47. The molecule has 0 aliphatic heterocycles. The zero-order chi connectivity index (χ0) is 21.0. The van der Waals surface area contributed by atoms with E-state index in [1.54, 1.807) is 6.33 Å². The van der Waals surface area contributed by atoms with E-state index in [0.717, 1.165) is 32.8 Å². The first kappa shape index (κ1) is 19.2.